The lowest BCUT2D eigenvalue weighted by Crippen LogP contribution is -2.16. The lowest BCUT2D eigenvalue weighted by molar-refractivity contribution is 1.06. The molecule has 0 fully saturated rings. The van der Waals surface area contributed by atoms with Gasteiger partial charge in [0, 0.05) is 23.4 Å². The third kappa shape index (κ3) is 2.59. The molecule has 0 aliphatic carbocycles. The normalized spacial score (nSPS) is 10.8. The van der Waals surface area contributed by atoms with Gasteiger partial charge in [-0.25, -0.2) is 4.98 Å². The summed E-state index contributed by atoms with van der Waals surface area (Å²) in [6.07, 6.45) is 1.85. The predicted octanol–water partition coefficient (Wildman–Crippen LogP) is 5.15. The van der Waals surface area contributed by atoms with Crippen LogP contribution in [0.5, 0.6) is 0 Å². The molecule has 2 nitrogen and oxygen atoms in total. The maximum absolute atomic E-state index is 4.57. The zero-order valence-electron chi connectivity index (χ0n) is 13.0. The second kappa shape index (κ2) is 5.57. The van der Waals surface area contributed by atoms with Crippen molar-refractivity contribution in [1.82, 2.24) is 4.98 Å². The zero-order valence-corrected chi connectivity index (χ0v) is 14.6. The Labute approximate surface area is 130 Å². The van der Waals surface area contributed by atoms with E-state index in [-0.39, 0.29) is 0 Å². The Morgan fingerprint density at radius 2 is 1.45 bits per heavy atom. The number of rotatable bonds is 2. The first-order chi connectivity index (χ1) is 9.32. The van der Waals surface area contributed by atoms with Gasteiger partial charge >= 0.3 is 0 Å². The fourth-order valence-corrected chi connectivity index (χ4v) is 3.14. The van der Waals surface area contributed by atoms with Gasteiger partial charge in [0.1, 0.15) is 5.82 Å². The SMILES string of the molecule is Cc1cc(Br)cnc1N(C)c1c(C)c(C)cc(C)c1C. The van der Waals surface area contributed by atoms with E-state index in [2.05, 4.69) is 79.6 Å². The number of pyridine rings is 1. The number of aryl methyl sites for hydroxylation is 3. The largest absolute Gasteiger partial charge is 0.329 e. The highest BCUT2D eigenvalue weighted by molar-refractivity contribution is 9.10. The summed E-state index contributed by atoms with van der Waals surface area (Å²) in [5.41, 5.74) is 7.72. The maximum atomic E-state index is 4.57. The molecule has 0 aliphatic rings. The summed E-state index contributed by atoms with van der Waals surface area (Å²) in [5.74, 6) is 1.00. The first-order valence-corrected chi connectivity index (χ1v) is 7.55. The molecule has 0 saturated carbocycles. The molecule has 3 heteroatoms. The summed E-state index contributed by atoms with van der Waals surface area (Å²) in [6.45, 7) is 10.8. The molecular formula is C17H21BrN2. The van der Waals surface area contributed by atoms with Crippen LogP contribution in [0.25, 0.3) is 0 Å². The van der Waals surface area contributed by atoms with Crippen molar-refractivity contribution in [3.63, 3.8) is 0 Å². The number of hydrogen-bond acceptors (Lipinski definition) is 2. The summed E-state index contributed by atoms with van der Waals surface area (Å²) in [7, 11) is 2.09. The number of nitrogens with zero attached hydrogens (tertiary/aromatic N) is 2. The predicted molar refractivity (Wildman–Crippen MR) is 90.1 cm³/mol. The molecule has 0 spiro atoms. The average molecular weight is 333 g/mol. The average Bonchev–Trinajstić information content (AvgIpc) is 2.36. The molecule has 20 heavy (non-hydrogen) atoms. The second-order valence-electron chi connectivity index (χ2n) is 5.46. The van der Waals surface area contributed by atoms with Gasteiger partial charge in [0.2, 0.25) is 0 Å². The fraction of sp³-hybridized carbons (Fsp3) is 0.353. The Bertz CT molecular complexity index is 636. The van der Waals surface area contributed by atoms with Crippen LogP contribution in [-0.2, 0) is 0 Å². The Hall–Kier alpha value is -1.35. The summed E-state index contributed by atoms with van der Waals surface area (Å²) < 4.78 is 1.01. The molecule has 1 aromatic carbocycles. The van der Waals surface area contributed by atoms with Crippen LogP contribution in [0.4, 0.5) is 11.5 Å². The van der Waals surface area contributed by atoms with E-state index in [4.69, 9.17) is 0 Å². The molecule has 2 rings (SSSR count). The number of benzene rings is 1. The van der Waals surface area contributed by atoms with Crippen molar-refractivity contribution in [2.24, 2.45) is 0 Å². The van der Waals surface area contributed by atoms with Gasteiger partial charge in [-0.2, -0.15) is 0 Å². The molecule has 0 radical (unpaired) electrons. The molecule has 0 unspecified atom stereocenters. The Balaban J connectivity index is 2.62. The molecule has 0 N–H and O–H groups in total. The van der Waals surface area contributed by atoms with Gasteiger partial charge in [-0.05, 0) is 84.4 Å². The number of aromatic nitrogens is 1. The van der Waals surface area contributed by atoms with E-state index in [9.17, 15) is 0 Å². The van der Waals surface area contributed by atoms with Crippen molar-refractivity contribution in [3.05, 3.63) is 50.6 Å². The molecule has 0 bridgehead atoms. The zero-order chi connectivity index (χ0) is 15.0. The van der Waals surface area contributed by atoms with E-state index in [1.165, 1.54) is 33.5 Å². The van der Waals surface area contributed by atoms with Crippen molar-refractivity contribution in [1.29, 1.82) is 0 Å². The fourth-order valence-electron chi connectivity index (χ4n) is 2.69. The Kier molecular flexibility index (Phi) is 4.19. The molecular weight excluding hydrogens is 312 g/mol. The minimum atomic E-state index is 1.00. The van der Waals surface area contributed by atoms with E-state index in [1.54, 1.807) is 0 Å². The van der Waals surface area contributed by atoms with E-state index in [1.807, 2.05) is 6.20 Å². The van der Waals surface area contributed by atoms with E-state index >= 15 is 0 Å². The summed E-state index contributed by atoms with van der Waals surface area (Å²) in [5, 5.41) is 0. The Morgan fingerprint density at radius 1 is 0.900 bits per heavy atom. The molecule has 106 valence electrons. The van der Waals surface area contributed by atoms with Crippen molar-refractivity contribution in [2.75, 3.05) is 11.9 Å². The van der Waals surface area contributed by atoms with Crippen LogP contribution in [0, 0.1) is 34.6 Å². The van der Waals surface area contributed by atoms with Crippen molar-refractivity contribution in [3.8, 4) is 0 Å². The van der Waals surface area contributed by atoms with Crippen LogP contribution in [-0.4, -0.2) is 12.0 Å². The van der Waals surface area contributed by atoms with E-state index < -0.39 is 0 Å². The van der Waals surface area contributed by atoms with Crippen molar-refractivity contribution >= 4 is 27.4 Å². The van der Waals surface area contributed by atoms with Crippen LogP contribution in [0.15, 0.2) is 22.8 Å². The van der Waals surface area contributed by atoms with Gasteiger partial charge in [-0.1, -0.05) is 6.07 Å². The minimum absolute atomic E-state index is 1.00. The molecule has 0 aliphatic heterocycles. The smallest absolute Gasteiger partial charge is 0.135 e. The summed E-state index contributed by atoms with van der Waals surface area (Å²) >= 11 is 3.47. The van der Waals surface area contributed by atoms with Crippen molar-refractivity contribution in [2.45, 2.75) is 34.6 Å². The first-order valence-electron chi connectivity index (χ1n) is 6.76. The topological polar surface area (TPSA) is 16.1 Å². The van der Waals surface area contributed by atoms with Crippen molar-refractivity contribution < 1.29 is 0 Å². The summed E-state index contributed by atoms with van der Waals surface area (Å²) in [6, 6.07) is 4.36. The number of halogens is 1. The quantitative estimate of drug-likeness (QED) is 0.755. The molecule has 0 amide bonds. The molecule has 1 aromatic heterocycles. The molecule has 0 saturated heterocycles. The van der Waals surface area contributed by atoms with Crippen LogP contribution >= 0.6 is 15.9 Å². The number of hydrogen-bond donors (Lipinski definition) is 0. The third-order valence-electron chi connectivity index (χ3n) is 4.00. The maximum Gasteiger partial charge on any atom is 0.135 e. The van der Waals surface area contributed by atoms with Gasteiger partial charge in [0.15, 0.2) is 0 Å². The van der Waals surface area contributed by atoms with Crippen LogP contribution in [0.2, 0.25) is 0 Å². The van der Waals surface area contributed by atoms with E-state index in [0.717, 1.165) is 10.3 Å². The van der Waals surface area contributed by atoms with Gasteiger partial charge in [0.25, 0.3) is 0 Å². The lowest BCUT2D eigenvalue weighted by atomic mass is 9.98. The number of anilines is 2. The molecule has 0 atom stereocenters. The van der Waals surface area contributed by atoms with E-state index in [0.29, 0.717) is 0 Å². The van der Waals surface area contributed by atoms with Crippen LogP contribution in [0.3, 0.4) is 0 Å². The monoisotopic (exact) mass is 332 g/mol. The van der Waals surface area contributed by atoms with Crippen LogP contribution < -0.4 is 4.90 Å². The van der Waals surface area contributed by atoms with Gasteiger partial charge in [-0.3, -0.25) is 0 Å². The van der Waals surface area contributed by atoms with Crippen LogP contribution in [0.1, 0.15) is 27.8 Å². The summed E-state index contributed by atoms with van der Waals surface area (Å²) in [4.78, 5) is 6.78. The Morgan fingerprint density at radius 3 is 1.95 bits per heavy atom. The molecule has 2 aromatic rings. The highest BCUT2D eigenvalue weighted by Gasteiger charge is 2.16. The first kappa shape index (κ1) is 15.0. The highest BCUT2D eigenvalue weighted by atomic mass is 79.9. The second-order valence-corrected chi connectivity index (χ2v) is 6.38. The lowest BCUT2D eigenvalue weighted by Gasteiger charge is -2.26. The minimum Gasteiger partial charge on any atom is -0.329 e. The third-order valence-corrected chi connectivity index (χ3v) is 4.43. The highest BCUT2D eigenvalue weighted by Crippen LogP contribution is 2.34. The standard InChI is InChI=1S/C17H21BrN2/c1-10-7-11(2)14(5)16(13(10)4)20(6)17-12(3)8-15(18)9-19-17/h7-9H,1-6H3. The molecule has 1 heterocycles. The van der Waals surface area contributed by atoms with Gasteiger partial charge in [0.05, 0.1) is 0 Å². The van der Waals surface area contributed by atoms with Gasteiger partial charge < -0.3 is 4.90 Å². The van der Waals surface area contributed by atoms with Gasteiger partial charge in [-0.15, -0.1) is 0 Å².